The van der Waals surface area contributed by atoms with E-state index in [0.717, 1.165) is 24.6 Å². The van der Waals surface area contributed by atoms with Crippen molar-refractivity contribution in [1.29, 1.82) is 0 Å². The molecule has 5 heteroatoms. The number of carbonyl (C=O) groups excluding carboxylic acids is 1. The predicted molar refractivity (Wildman–Crippen MR) is 102 cm³/mol. The summed E-state index contributed by atoms with van der Waals surface area (Å²) >= 11 is 0. The first-order chi connectivity index (χ1) is 12.8. The number of anilines is 1. The summed E-state index contributed by atoms with van der Waals surface area (Å²) in [6.07, 6.45) is 3.79. The van der Waals surface area contributed by atoms with E-state index in [1.807, 2.05) is 70.4 Å². The molecule has 0 unspecified atom stereocenters. The molecule has 0 spiro atoms. The van der Waals surface area contributed by atoms with E-state index in [-0.39, 0.29) is 5.91 Å². The van der Waals surface area contributed by atoms with Crippen LogP contribution in [0.25, 0.3) is 0 Å². The molecular weight excluding hydrogens is 324 g/mol. The van der Waals surface area contributed by atoms with Crippen LogP contribution < -0.4 is 4.90 Å². The van der Waals surface area contributed by atoms with Gasteiger partial charge in [0.2, 0.25) is 0 Å². The quantitative estimate of drug-likeness (QED) is 0.729. The van der Waals surface area contributed by atoms with Gasteiger partial charge in [0, 0.05) is 45.1 Å². The number of amides is 1. The molecule has 1 aliphatic heterocycles. The Bertz CT molecular complexity index is 852. The van der Waals surface area contributed by atoms with E-state index in [9.17, 15) is 4.79 Å². The summed E-state index contributed by atoms with van der Waals surface area (Å²) in [4.78, 5) is 21.6. The Hall–Kier alpha value is -3.08. The number of aromatic nitrogens is 2. The second-order valence-electron chi connectivity index (χ2n) is 6.47. The molecule has 0 aliphatic carbocycles. The van der Waals surface area contributed by atoms with E-state index in [1.165, 1.54) is 5.56 Å². The van der Waals surface area contributed by atoms with E-state index in [2.05, 4.69) is 22.0 Å². The van der Waals surface area contributed by atoms with Gasteiger partial charge in [-0.25, -0.2) is 4.98 Å². The highest BCUT2D eigenvalue weighted by Crippen LogP contribution is 2.16. The predicted octanol–water partition coefficient (Wildman–Crippen LogP) is 2.89. The molecule has 3 aromatic rings. The first-order valence-corrected chi connectivity index (χ1v) is 8.95. The van der Waals surface area contributed by atoms with Crippen LogP contribution >= 0.6 is 0 Å². The molecule has 4 rings (SSSR count). The molecule has 1 amide bonds. The van der Waals surface area contributed by atoms with Crippen molar-refractivity contribution in [3.8, 4) is 0 Å². The number of rotatable bonds is 4. The molecule has 132 valence electrons. The van der Waals surface area contributed by atoms with Crippen LogP contribution in [-0.4, -0.2) is 46.5 Å². The van der Waals surface area contributed by atoms with Crippen molar-refractivity contribution in [3.05, 3.63) is 84.3 Å². The summed E-state index contributed by atoms with van der Waals surface area (Å²) in [7, 11) is 0. The van der Waals surface area contributed by atoms with E-state index in [1.54, 1.807) is 0 Å². The summed E-state index contributed by atoms with van der Waals surface area (Å²) < 4.78 is 2.03. The molecule has 2 aromatic heterocycles. The molecule has 0 radical (unpaired) electrons. The zero-order chi connectivity index (χ0) is 17.8. The summed E-state index contributed by atoms with van der Waals surface area (Å²) in [5, 5.41) is 0. The third-order valence-electron chi connectivity index (χ3n) is 4.78. The minimum absolute atomic E-state index is 0.103. The van der Waals surface area contributed by atoms with Crippen molar-refractivity contribution in [2.24, 2.45) is 0 Å². The van der Waals surface area contributed by atoms with Crippen molar-refractivity contribution >= 4 is 11.7 Å². The number of carbonyl (C=O) groups is 1. The Morgan fingerprint density at radius 2 is 1.65 bits per heavy atom. The molecule has 5 nitrogen and oxygen atoms in total. The third kappa shape index (κ3) is 3.47. The number of pyridine rings is 1. The Morgan fingerprint density at radius 1 is 0.885 bits per heavy atom. The van der Waals surface area contributed by atoms with Crippen LogP contribution in [0, 0.1) is 0 Å². The summed E-state index contributed by atoms with van der Waals surface area (Å²) in [6.45, 7) is 3.75. The highest BCUT2D eigenvalue weighted by molar-refractivity contribution is 5.93. The maximum absolute atomic E-state index is 13.0. The van der Waals surface area contributed by atoms with Gasteiger partial charge < -0.3 is 14.4 Å². The van der Waals surface area contributed by atoms with Gasteiger partial charge in [-0.3, -0.25) is 4.79 Å². The number of hydrogen-bond donors (Lipinski definition) is 0. The van der Waals surface area contributed by atoms with Crippen LogP contribution in [0.3, 0.4) is 0 Å². The zero-order valence-electron chi connectivity index (χ0n) is 14.7. The fraction of sp³-hybridized carbons (Fsp3) is 0.238. The van der Waals surface area contributed by atoms with Crippen LogP contribution in [0.4, 0.5) is 5.82 Å². The van der Waals surface area contributed by atoms with Gasteiger partial charge in [-0.2, -0.15) is 0 Å². The molecule has 0 saturated carbocycles. The van der Waals surface area contributed by atoms with Gasteiger partial charge in [-0.15, -0.1) is 0 Å². The average Bonchev–Trinajstić information content (AvgIpc) is 3.17. The molecule has 1 aromatic carbocycles. The maximum atomic E-state index is 13.0. The molecule has 0 N–H and O–H groups in total. The average molecular weight is 346 g/mol. The number of nitrogens with zero attached hydrogens (tertiary/aromatic N) is 4. The minimum Gasteiger partial charge on any atom is -0.353 e. The van der Waals surface area contributed by atoms with Crippen LogP contribution in [0.5, 0.6) is 0 Å². The van der Waals surface area contributed by atoms with Crippen molar-refractivity contribution in [2.75, 3.05) is 31.1 Å². The second kappa shape index (κ2) is 7.44. The van der Waals surface area contributed by atoms with Crippen molar-refractivity contribution in [1.82, 2.24) is 14.5 Å². The number of piperazine rings is 1. The van der Waals surface area contributed by atoms with E-state index in [4.69, 9.17) is 0 Å². The van der Waals surface area contributed by atoms with E-state index < -0.39 is 0 Å². The highest BCUT2D eigenvalue weighted by atomic mass is 16.2. The summed E-state index contributed by atoms with van der Waals surface area (Å²) in [5.41, 5.74) is 1.94. The van der Waals surface area contributed by atoms with Gasteiger partial charge in [-0.05, 0) is 29.8 Å². The SMILES string of the molecule is O=C(c1cccn1Cc1ccccc1)N1CCN(c2ccccn2)CC1. The number of benzene rings is 1. The first kappa shape index (κ1) is 16.4. The second-order valence-corrected chi connectivity index (χ2v) is 6.47. The minimum atomic E-state index is 0.103. The number of hydrogen-bond acceptors (Lipinski definition) is 3. The Kier molecular flexibility index (Phi) is 4.69. The van der Waals surface area contributed by atoms with Crippen LogP contribution in [0.15, 0.2) is 73.1 Å². The molecule has 1 aliphatic rings. The molecular formula is C21H22N4O. The van der Waals surface area contributed by atoms with Gasteiger partial charge in [-0.1, -0.05) is 36.4 Å². The Labute approximate surface area is 153 Å². The lowest BCUT2D eigenvalue weighted by Gasteiger charge is -2.35. The standard InChI is InChI=1S/C21H22N4O/c26-21(19-9-6-12-25(19)17-18-7-2-1-3-8-18)24-15-13-23(14-16-24)20-10-4-5-11-22-20/h1-12H,13-17H2. The van der Waals surface area contributed by atoms with Gasteiger partial charge in [0.15, 0.2) is 0 Å². The molecule has 0 atom stereocenters. The van der Waals surface area contributed by atoms with Gasteiger partial charge in [0.1, 0.15) is 11.5 Å². The van der Waals surface area contributed by atoms with Crippen molar-refractivity contribution in [3.63, 3.8) is 0 Å². The van der Waals surface area contributed by atoms with Crippen LogP contribution in [0.2, 0.25) is 0 Å². The molecule has 0 bridgehead atoms. The Morgan fingerprint density at radius 3 is 2.38 bits per heavy atom. The smallest absolute Gasteiger partial charge is 0.270 e. The van der Waals surface area contributed by atoms with Gasteiger partial charge in [0.25, 0.3) is 5.91 Å². The molecule has 1 saturated heterocycles. The van der Waals surface area contributed by atoms with Gasteiger partial charge in [0.05, 0.1) is 0 Å². The molecule has 3 heterocycles. The van der Waals surface area contributed by atoms with Gasteiger partial charge >= 0.3 is 0 Å². The first-order valence-electron chi connectivity index (χ1n) is 8.95. The summed E-state index contributed by atoms with van der Waals surface area (Å²) in [6, 6.07) is 20.0. The highest BCUT2D eigenvalue weighted by Gasteiger charge is 2.24. The van der Waals surface area contributed by atoms with E-state index >= 15 is 0 Å². The lowest BCUT2D eigenvalue weighted by Crippen LogP contribution is -2.49. The lowest BCUT2D eigenvalue weighted by atomic mass is 10.2. The van der Waals surface area contributed by atoms with Crippen LogP contribution in [0.1, 0.15) is 16.1 Å². The van der Waals surface area contributed by atoms with E-state index in [0.29, 0.717) is 19.6 Å². The summed E-state index contributed by atoms with van der Waals surface area (Å²) in [5.74, 6) is 1.08. The Balaban J connectivity index is 1.42. The zero-order valence-corrected chi connectivity index (χ0v) is 14.7. The fourth-order valence-electron chi connectivity index (χ4n) is 3.37. The monoisotopic (exact) mass is 346 g/mol. The van der Waals surface area contributed by atoms with Crippen LogP contribution in [-0.2, 0) is 6.54 Å². The fourth-order valence-corrected chi connectivity index (χ4v) is 3.37. The van der Waals surface area contributed by atoms with Crippen molar-refractivity contribution < 1.29 is 4.79 Å². The topological polar surface area (TPSA) is 41.4 Å². The van der Waals surface area contributed by atoms with Crippen molar-refractivity contribution in [2.45, 2.75) is 6.54 Å². The molecule has 26 heavy (non-hydrogen) atoms. The lowest BCUT2D eigenvalue weighted by molar-refractivity contribution is 0.0736. The third-order valence-corrected chi connectivity index (χ3v) is 4.78. The molecule has 1 fully saturated rings. The normalized spacial score (nSPS) is 14.5. The maximum Gasteiger partial charge on any atom is 0.270 e. The largest absolute Gasteiger partial charge is 0.353 e.